The second kappa shape index (κ2) is 8.95. The van der Waals surface area contributed by atoms with Crippen LogP contribution in [0.4, 0.5) is 10.5 Å². The van der Waals surface area contributed by atoms with Crippen LogP contribution in [0.1, 0.15) is 39.2 Å². The number of amides is 1. The maximum absolute atomic E-state index is 12.0. The number of hydrogen-bond donors (Lipinski definition) is 2. The number of nitrogens with zero attached hydrogens (tertiary/aromatic N) is 1. The highest BCUT2D eigenvalue weighted by Gasteiger charge is 2.28. The molecular weight excluding hydrogens is 388 g/mol. The van der Waals surface area contributed by atoms with Crippen molar-refractivity contribution in [3.8, 4) is 11.5 Å². The molecular formula is C18H24N2O9. The number of nitro benzene ring substituents is 1. The number of benzene rings is 1. The first-order valence-electron chi connectivity index (χ1n) is 8.86. The van der Waals surface area contributed by atoms with Crippen LogP contribution >= 0.6 is 0 Å². The molecule has 1 aliphatic rings. The largest absolute Gasteiger partial charge is 0.480 e. The molecule has 11 heteroatoms. The summed E-state index contributed by atoms with van der Waals surface area (Å²) in [5.41, 5.74) is -0.461. The number of carboxylic acid groups (broad SMARTS) is 1. The van der Waals surface area contributed by atoms with Crippen LogP contribution in [0.5, 0.6) is 11.5 Å². The molecule has 1 amide bonds. The van der Waals surface area contributed by atoms with Gasteiger partial charge in [-0.05, 0) is 26.8 Å². The zero-order chi connectivity index (χ0) is 21.8. The van der Waals surface area contributed by atoms with Crippen LogP contribution in [0.25, 0.3) is 0 Å². The summed E-state index contributed by atoms with van der Waals surface area (Å²) < 4.78 is 20.8. The Balaban J connectivity index is 1.99. The second-order valence-electron chi connectivity index (χ2n) is 7.48. The van der Waals surface area contributed by atoms with Crippen LogP contribution in [0, 0.1) is 10.1 Å². The molecule has 0 radical (unpaired) electrons. The normalized spacial score (nSPS) is 14.8. The van der Waals surface area contributed by atoms with E-state index in [9.17, 15) is 24.8 Å². The molecule has 2 atom stereocenters. The molecule has 0 aromatic heterocycles. The lowest BCUT2D eigenvalue weighted by Crippen LogP contribution is -2.45. The Morgan fingerprint density at radius 2 is 1.90 bits per heavy atom. The number of nitrogens with one attached hydrogen (secondary N) is 1. The molecule has 0 aliphatic carbocycles. The Labute approximate surface area is 167 Å². The SMILES string of the molecule is CC(COC(=O)N[C@@H](COC(C)(C)C)C(=O)O)c1cc2c(cc1[N+](=O)[O-])OCO2. The van der Waals surface area contributed by atoms with Gasteiger partial charge in [0.25, 0.3) is 5.69 Å². The molecule has 29 heavy (non-hydrogen) atoms. The van der Waals surface area contributed by atoms with E-state index >= 15 is 0 Å². The summed E-state index contributed by atoms with van der Waals surface area (Å²) in [6, 6.07) is 1.44. The third kappa shape index (κ3) is 6.21. The van der Waals surface area contributed by atoms with Crippen molar-refractivity contribution in [1.82, 2.24) is 5.32 Å². The molecule has 160 valence electrons. The number of hydrogen-bond acceptors (Lipinski definition) is 8. The van der Waals surface area contributed by atoms with Crippen molar-refractivity contribution >= 4 is 17.7 Å². The molecule has 0 saturated carbocycles. The Hall–Kier alpha value is -3.08. The summed E-state index contributed by atoms with van der Waals surface area (Å²) in [5, 5.41) is 22.8. The lowest BCUT2D eigenvalue weighted by atomic mass is 9.99. The fourth-order valence-corrected chi connectivity index (χ4v) is 2.48. The van der Waals surface area contributed by atoms with Gasteiger partial charge in [-0.25, -0.2) is 9.59 Å². The summed E-state index contributed by atoms with van der Waals surface area (Å²) in [5.74, 6) is -1.18. The predicted molar refractivity (Wildman–Crippen MR) is 99.2 cm³/mol. The van der Waals surface area contributed by atoms with Gasteiger partial charge in [0.05, 0.1) is 23.2 Å². The second-order valence-corrected chi connectivity index (χ2v) is 7.48. The lowest BCUT2D eigenvalue weighted by Gasteiger charge is -2.23. The average molecular weight is 412 g/mol. The molecule has 1 aliphatic heterocycles. The van der Waals surface area contributed by atoms with Gasteiger partial charge in [-0.1, -0.05) is 6.92 Å². The Kier molecular flexibility index (Phi) is 6.85. The first-order valence-corrected chi connectivity index (χ1v) is 8.86. The van der Waals surface area contributed by atoms with E-state index in [0.717, 1.165) is 0 Å². The van der Waals surface area contributed by atoms with E-state index in [1.54, 1.807) is 27.7 Å². The highest BCUT2D eigenvalue weighted by Crippen LogP contribution is 2.40. The van der Waals surface area contributed by atoms with Crippen molar-refractivity contribution in [3.63, 3.8) is 0 Å². The molecule has 11 nitrogen and oxygen atoms in total. The zero-order valence-electron chi connectivity index (χ0n) is 16.6. The predicted octanol–water partition coefficient (Wildman–Crippen LogP) is 2.42. The third-order valence-electron chi connectivity index (χ3n) is 3.99. The molecule has 2 rings (SSSR count). The van der Waals surface area contributed by atoms with Crippen LogP contribution in [-0.2, 0) is 14.3 Å². The van der Waals surface area contributed by atoms with E-state index in [0.29, 0.717) is 11.3 Å². The molecule has 0 fully saturated rings. The fourth-order valence-electron chi connectivity index (χ4n) is 2.48. The van der Waals surface area contributed by atoms with Crippen molar-refractivity contribution in [2.45, 2.75) is 45.3 Å². The van der Waals surface area contributed by atoms with Crippen molar-refractivity contribution in [2.24, 2.45) is 0 Å². The Bertz CT molecular complexity index is 788. The van der Waals surface area contributed by atoms with Gasteiger partial charge in [0.15, 0.2) is 17.5 Å². The molecule has 1 heterocycles. The van der Waals surface area contributed by atoms with E-state index in [-0.39, 0.29) is 31.4 Å². The summed E-state index contributed by atoms with van der Waals surface area (Å²) in [4.78, 5) is 34.1. The van der Waals surface area contributed by atoms with Crippen LogP contribution in [0.15, 0.2) is 12.1 Å². The lowest BCUT2D eigenvalue weighted by molar-refractivity contribution is -0.385. The summed E-state index contributed by atoms with van der Waals surface area (Å²) in [7, 11) is 0. The van der Waals surface area contributed by atoms with Crippen LogP contribution in [0.2, 0.25) is 0 Å². The third-order valence-corrected chi connectivity index (χ3v) is 3.99. The minimum Gasteiger partial charge on any atom is -0.480 e. The molecule has 1 aromatic rings. The highest BCUT2D eigenvalue weighted by molar-refractivity contribution is 5.80. The maximum atomic E-state index is 12.0. The number of fused-ring (bicyclic) bond motifs is 1. The van der Waals surface area contributed by atoms with E-state index in [1.165, 1.54) is 12.1 Å². The zero-order valence-corrected chi connectivity index (χ0v) is 16.6. The van der Waals surface area contributed by atoms with Gasteiger partial charge in [0.2, 0.25) is 6.79 Å². The van der Waals surface area contributed by atoms with Crippen molar-refractivity contribution in [1.29, 1.82) is 0 Å². The number of alkyl carbamates (subject to hydrolysis) is 1. The van der Waals surface area contributed by atoms with Crippen LogP contribution in [0.3, 0.4) is 0 Å². The molecule has 0 spiro atoms. The average Bonchev–Trinajstić information content (AvgIpc) is 3.08. The monoisotopic (exact) mass is 412 g/mol. The number of carbonyl (C=O) groups excluding carboxylic acids is 1. The molecule has 1 unspecified atom stereocenters. The summed E-state index contributed by atoms with van der Waals surface area (Å²) in [6.45, 7) is 6.42. The van der Waals surface area contributed by atoms with Crippen molar-refractivity contribution < 1.29 is 38.6 Å². The first kappa shape index (κ1) is 22.2. The Morgan fingerprint density at radius 1 is 1.28 bits per heavy atom. The van der Waals surface area contributed by atoms with Crippen molar-refractivity contribution in [2.75, 3.05) is 20.0 Å². The van der Waals surface area contributed by atoms with Crippen LogP contribution < -0.4 is 14.8 Å². The van der Waals surface area contributed by atoms with Gasteiger partial charge < -0.3 is 29.4 Å². The van der Waals surface area contributed by atoms with Gasteiger partial charge in [-0.2, -0.15) is 0 Å². The minimum atomic E-state index is -1.29. The number of nitro groups is 1. The van der Waals surface area contributed by atoms with E-state index in [1.807, 2.05) is 0 Å². The Morgan fingerprint density at radius 3 is 2.45 bits per heavy atom. The highest BCUT2D eigenvalue weighted by atomic mass is 16.7. The van der Waals surface area contributed by atoms with Gasteiger partial charge >= 0.3 is 12.1 Å². The standard InChI is InChI=1S/C18H24N2O9/c1-10(11-5-14-15(28-9-27-14)6-13(11)20(24)25)7-26-17(23)19-12(16(21)22)8-29-18(2,3)4/h5-6,10,12H,7-9H2,1-4H3,(H,19,23)(H,21,22)/t10?,12-/m0/s1. The minimum absolute atomic E-state index is 0.0313. The summed E-state index contributed by atoms with van der Waals surface area (Å²) >= 11 is 0. The first-order chi connectivity index (χ1) is 13.5. The summed E-state index contributed by atoms with van der Waals surface area (Å²) in [6.07, 6.45) is -0.967. The maximum Gasteiger partial charge on any atom is 0.407 e. The fraction of sp³-hybridized carbons (Fsp3) is 0.556. The smallest absolute Gasteiger partial charge is 0.407 e. The topological polar surface area (TPSA) is 146 Å². The van der Waals surface area contributed by atoms with Gasteiger partial charge in [0.1, 0.15) is 6.61 Å². The molecule has 0 saturated heterocycles. The quantitative estimate of drug-likeness (QED) is 0.485. The van der Waals surface area contributed by atoms with E-state index in [2.05, 4.69) is 5.32 Å². The molecule has 0 bridgehead atoms. The molecule has 2 N–H and O–H groups in total. The number of carboxylic acids is 1. The number of aliphatic carboxylic acids is 1. The van der Waals surface area contributed by atoms with Gasteiger partial charge in [-0.15, -0.1) is 0 Å². The number of rotatable bonds is 8. The van der Waals surface area contributed by atoms with E-state index < -0.39 is 34.5 Å². The number of carbonyl (C=O) groups is 2. The van der Waals surface area contributed by atoms with Gasteiger partial charge in [0, 0.05) is 11.5 Å². The van der Waals surface area contributed by atoms with Crippen molar-refractivity contribution in [3.05, 3.63) is 27.8 Å². The van der Waals surface area contributed by atoms with Gasteiger partial charge in [-0.3, -0.25) is 10.1 Å². The van der Waals surface area contributed by atoms with E-state index in [4.69, 9.17) is 18.9 Å². The number of ether oxygens (including phenoxy) is 4. The molecule has 1 aromatic carbocycles. The van der Waals surface area contributed by atoms with Crippen LogP contribution in [-0.4, -0.2) is 53.7 Å².